The molecular formula is C15H21N3O4S2. The van der Waals surface area contributed by atoms with E-state index in [1.807, 2.05) is 6.92 Å². The van der Waals surface area contributed by atoms with Crippen LogP contribution >= 0.6 is 11.8 Å². The molecule has 0 aliphatic carbocycles. The van der Waals surface area contributed by atoms with E-state index < -0.39 is 10.0 Å². The van der Waals surface area contributed by atoms with Crippen LogP contribution in [0.15, 0.2) is 29.2 Å². The van der Waals surface area contributed by atoms with Crippen molar-refractivity contribution in [1.82, 2.24) is 9.80 Å². The van der Waals surface area contributed by atoms with Crippen LogP contribution in [0, 0.1) is 0 Å². The maximum absolute atomic E-state index is 12.3. The summed E-state index contributed by atoms with van der Waals surface area (Å²) in [5.74, 6) is 0.707. The SMILES string of the molecule is C[C@@H](c1ccc(S(N)(=O)=O)cc1)N(C)C(=O)CCN1CCSC1=O. The first-order valence-corrected chi connectivity index (χ1v) is 10.0. The van der Waals surface area contributed by atoms with Crippen LogP contribution in [0.1, 0.15) is 24.9 Å². The van der Waals surface area contributed by atoms with Crippen molar-refractivity contribution >= 4 is 32.9 Å². The van der Waals surface area contributed by atoms with Crippen LogP contribution < -0.4 is 5.14 Å². The molecule has 9 heteroatoms. The number of amides is 2. The molecule has 24 heavy (non-hydrogen) atoms. The largest absolute Gasteiger partial charge is 0.339 e. The molecule has 1 aliphatic heterocycles. The zero-order valence-corrected chi connectivity index (χ0v) is 15.3. The fraction of sp³-hybridized carbons (Fsp3) is 0.467. The number of carbonyl (C=O) groups is 2. The third kappa shape index (κ3) is 4.49. The molecule has 1 aromatic rings. The topological polar surface area (TPSA) is 101 Å². The summed E-state index contributed by atoms with van der Waals surface area (Å²) < 4.78 is 22.5. The molecule has 1 saturated heterocycles. The van der Waals surface area contributed by atoms with Gasteiger partial charge in [-0.25, -0.2) is 13.6 Å². The highest BCUT2D eigenvalue weighted by atomic mass is 32.2. The first kappa shape index (κ1) is 18.8. The van der Waals surface area contributed by atoms with Gasteiger partial charge in [-0.3, -0.25) is 9.59 Å². The number of primary sulfonamides is 1. The minimum atomic E-state index is -3.73. The van der Waals surface area contributed by atoms with Gasteiger partial charge in [0.25, 0.3) is 5.24 Å². The molecule has 0 aromatic heterocycles. The van der Waals surface area contributed by atoms with Crippen LogP contribution in [-0.2, 0) is 14.8 Å². The van der Waals surface area contributed by atoms with E-state index in [0.29, 0.717) is 13.1 Å². The molecular weight excluding hydrogens is 350 g/mol. The normalized spacial score (nSPS) is 16.3. The average Bonchev–Trinajstić information content (AvgIpc) is 2.95. The van der Waals surface area contributed by atoms with E-state index in [1.54, 1.807) is 29.0 Å². The van der Waals surface area contributed by atoms with Gasteiger partial charge in [0.2, 0.25) is 15.9 Å². The number of hydrogen-bond acceptors (Lipinski definition) is 5. The molecule has 1 atom stereocenters. The summed E-state index contributed by atoms with van der Waals surface area (Å²) in [6, 6.07) is 5.94. The molecule has 1 heterocycles. The lowest BCUT2D eigenvalue weighted by atomic mass is 10.1. The summed E-state index contributed by atoms with van der Waals surface area (Å²) in [7, 11) is -2.03. The van der Waals surface area contributed by atoms with Crippen LogP contribution in [0.2, 0.25) is 0 Å². The summed E-state index contributed by atoms with van der Waals surface area (Å²) in [6.45, 7) is 2.97. The Balaban J connectivity index is 1.96. The Morgan fingerprint density at radius 2 is 2.00 bits per heavy atom. The highest BCUT2D eigenvalue weighted by Gasteiger charge is 2.23. The van der Waals surface area contributed by atoms with Crippen molar-refractivity contribution in [3.05, 3.63) is 29.8 Å². The minimum absolute atomic E-state index is 0.0251. The van der Waals surface area contributed by atoms with Crippen molar-refractivity contribution < 1.29 is 18.0 Å². The molecule has 0 saturated carbocycles. The van der Waals surface area contributed by atoms with Crippen LogP contribution in [0.25, 0.3) is 0 Å². The molecule has 2 rings (SSSR count). The predicted molar refractivity (Wildman–Crippen MR) is 93.0 cm³/mol. The molecule has 0 unspecified atom stereocenters. The molecule has 2 N–H and O–H groups in total. The molecule has 1 aromatic carbocycles. The molecule has 1 aliphatic rings. The first-order chi connectivity index (χ1) is 11.2. The maximum atomic E-state index is 12.3. The zero-order chi connectivity index (χ0) is 17.9. The van der Waals surface area contributed by atoms with Crippen molar-refractivity contribution in [1.29, 1.82) is 0 Å². The van der Waals surface area contributed by atoms with Gasteiger partial charge in [-0.15, -0.1) is 0 Å². The highest BCUT2D eigenvalue weighted by molar-refractivity contribution is 8.13. The maximum Gasteiger partial charge on any atom is 0.281 e. The predicted octanol–water partition coefficient (Wildman–Crippen LogP) is 1.41. The molecule has 0 bridgehead atoms. The second-order valence-corrected chi connectivity index (χ2v) is 8.25. The third-order valence-corrected chi connectivity index (χ3v) is 5.93. The van der Waals surface area contributed by atoms with Crippen molar-refractivity contribution in [3.63, 3.8) is 0 Å². The van der Waals surface area contributed by atoms with Gasteiger partial charge in [-0.1, -0.05) is 23.9 Å². The first-order valence-electron chi connectivity index (χ1n) is 7.50. The Hall–Kier alpha value is -1.58. The monoisotopic (exact) mass is 371 g/mol. The van der Waals surface area contributed by atoms with Gasteiger partial charge in [0.1, 0.15) is 0 Å². The quantitative estimate of drug-likeness (QED) is 0.815. The van der Waals surface area contributed by atoms with E-state index in [1.165, 1.54) is 23.9 Å². The van der Waals surface area contributed by atoms with Crippen molar-refractivity contribution in [2.24, 2.45) is 5.14 Å². The summed E-state index contributed by atoms with van der Waals surface area (Å²) in [5, 5.41) is 5.10. The molecule has 2 amide bonds. The van der Waals surface area contributed by atoms with Gasteiger partial charge in [0.05, 0.1) is 10.9 Å². The van der Waals surface area contributed by atoms with E-state index in [9.17, 15) is 18.0 Å². The van der Waals surface area contributed by atoms with Gasteiger partial charge in [0.15, 0.2) is 0 Å². The molecule has 132 valence electrons. The third-order valence-electron chi connectivity index (χ3n) is 4.11. The summed E-state index contributed by atoms with van der Waals surface area (Å²) in [5.41, 5.74) is 0.811. The van der Waals surface area contributed by atoms with Crippen molar-refractivity contribution in [2.75, 3.05) is 25.9 Å². The second kappa shape index (κ2) is 7.54. The van der Waals surface area contributed by atoms with Crippen LogP contribution in [0.4, 0.5) is 4.79 Å². The van der Waals surface area contributed by atoms with E-state index in [2.05, 4.69) is 0 Å². The van der Waals surface area contributed by atoms with Crippen molar-refractivity contribution in [3.8, 4) is 0 Å². The fourth-order valence-corrected chi connectivity index (χ4v) is 3.78. The van der Waals surface area contributed by atoms with E-state index in [4.69, 9.17) is 5.14 Å². The van der Waals surface area contributed by atoms with E-state index >= 15 is 0 Å². The van der Waals surface area contributed by atoms with Gasteiger partial charge in [-0.05, 0) is 24.6 Å². The Kier molecular flexibility index (Phi) is 5.89. The zero-order valence-electron chi connectivity index (χ0n) is 13.6. The van der Waals surface area contributed by atoms with Crippen LogP contribution in [0.5, 0.6) is 0 Å². The van der Waals surface area contributed by atoms with E-state index in [-0.39, 0.29) is 28.5 Å². The second-order valence-electron chi connectivity index (χ2n) is 5.65. The number of nitrogens with zero attached hydrogens (tertiary/aromatic N) is 2. The standard InChI is InChI=1S/C15H21N3O4S2/c1-11(12-3-5-13(6-4-12)24(16,21)22)17(2)14(19)7-8-18-9-10-23-15(18)20/h3-6,11H,7-10H2,1-2H3,(H2,16,21,22)/t11-/m0/s1. The number of rotatable bonds is 6. The number of thioether (sulfide) groups is 1. The Labute approximate surface area is 146 Å². The van der Waals surface area contributed by atoms with Crippen LogP contribution in [-0.4, -0.2) is 55.3 Å². The lowest BCUT2D eigenvalue weighted by Gasteiger charge is -2.26. The minimum Gasteiger partial charge on any atom is -0.339 e. The Bertz CT molecular complexity index is 719. The number of nitrogens with two attached hydrogens (primary N) is 1. The van der Waals surface area contributed by atoms with Gasteiger partial charge < -0.3 is 9.80 Å². The Morgan fingerprint density at radius 1 is 1.38 bits per heavy atom. The lowest BCUT2D eigenvalue weighted by molar-refractivity contribution is -0.132. The average molecular weight is 371 g/mol. The van der Waals surface area contributed by atoms with Gasteiger partial charge >= 0.3 is 0 Å². The summed E-state index contributed by atoms with van der Waals surface area (Å²) in [4.78, 5) is 27.2. The van der Waals surface area contributed by atoms with Crippen molar-refractivity contribution in [2.45, 2.75) is 24.3 Å². The number of carbonyl (C=O) groups excluding carboxylic acids is 2. The number of sulfonamides is 1. The number of benzene rings is 1. The Morgan fingerprint density at radius 3 is 2.50 bits per heavy atom. The number of hydrogen-bond donors (Lipinski definition) is 1. The smallest absolute Gasteiger partial charge is 0.281 e. The molecule has 0 radical (unpaired) electrons. The fourth-order valence-electron chi connectivity index (χ4n) is 2.41. The van der Waals surface area contributed by atoms with Crippen LogP contribution in [0.3, 0.4) is 0 Å². The van der Waals surface area contributed by atoms with Gasteiger partial charge in [0, 0.05) is 32.3 Å². The summed E-state index contributed by atoms with van der Waals surface area (Å²) >= 11 is 1.27. The molecule has 7 nitrogen and oxygen atoms in total. The van der Waals surface area contributed by atoms with E-state index in [0.717, 1.165) is 11.3 Å². The highest BCUT2D eigenvalue weighted by Crippen LogP contribution is 2.22. The molecule has 1 fully saturated rings. The van der Waals surface area contributed by atoms with Gasteiger partial charge in [-0.2, -0.15) is 0 Å². The summed E-state index contributed by atoms with van der Waals surface area (Å²) in [6.07, 6.45) is 0.266. The lowest BCUT2D eigenvalue weighted by Crippen LogP contribution is -2.33. The molecule has 0 spiro atoms.